The van der Waals surface area contributed by atoms with Gasteiger partial charge < -0.3 is 5.11 Å². The molecule has 19 heavy (non-hydrogen) atoms. The lowest BCUT2D eigenvalue weighted by atomic mass is 10.1. The van der Waals surface area contributed by atoms with Crippen LogP contribution in [0.5, 0.6) is 0 Å². The maximum atomic E-state index is 13.7. The van der Waals surface area contributed by atoms with E-state index in [1.165, 1.54) is 0 Å². The van der Waals surface area contributed by atoms with Crippen molar-refractivity contribution >= 4 is 5.97 Å². The number of carboxylic acid groups (broad SMARTS) is 1. The molecule has 0 saturated heterocycles. The number of aromatic nitrogens is 3. The van der Waals surface area contributed by atoms with Gasteiger partial charge in [0, 0.05) is 5.56 Å². The van der Waals surface area contributed by atoms with Gasteiger partial charge in [-0.3, -0.25) is 0 Å². The fraction of sp³-hybridized carbons (Fsp3) is 0.250. The summed E-state index contributed by atoms with van der Waals surface area (Å²) in [5.41, 5.74) is -0.805. The van der Waals surface area contributed by atoms with E-state index in [-0.39, 0.29) is 17.3 Å². The van der Waals surface area contributed by atoms with Crippen molar-refractivity contribution in [3.05, 3.63) is 35.5 Å². The van der Waals surface area contributed by atoms with Crippen LogP contribution < -0.4 is 0 Å². The molecule has 0 aliphatic heterocycles. The molecular weight excluding hydrogens is 256 g/mol. The molecule has 5 nitrogen and oxygen atoms in total. The van der Waals surface area contributed by atoms with Crippen LogP contribution in [-0.2, 0) is 0 Å². The van der Waals surface area contributed by atoms with E-state index < -0.39 is 23.3 Å². The van der Waals surface area contributed by atoms with E-state index in [1.807, 2.05) is 0 Å². The predicted octanol–water partition coefficient (Wildman–Crippen LogP) is 2.50. The zero-order valence-corrected chi connectivity index (χ0v) is 10.3. The summed E-state index contributed by atoms with van der Waals surface area (Å²) < 4.78 is 26.8. The molecule has 1 aromatic heterocycles. The standard InChI is InChI=1S/C12H11F2N3O2/c1-6(2)17-15-10(11(16-17)12(18)19)8-5-7(13)3-4-9(8)14/h3-6H,1-2H3,(H,18,19). The van der Waals surface area contributed by atoms with Crippen molar-refractivity contribution < 1.29 is 18.7 Å². The summed E-state index contributed by atoms with van der Waals surface area (Å²) in [6.45, 7) is 3.49. The van der Waals surface area contributed by atoms with E-state index in [2.05, 4.69) is 10.2 Å². The number of nitrogens with zero attached hydrogens (tertiary/aromatic N) is 3. The molecule has 0 aliphatic rings. The van der Waals surface area contributed by atoms with Gasteiger partial charge in [-0.1, -0.05) is 0 Å². The second-order valence-corrected chi connectivity index (χ2v) is 4.24. The van der Waals surface area contributed by atoms with Crippen molar-refractivity contribution in [1.82, 2.24) is 15.0 Å². The van der Waals surface area contributed by atoms with Crippen molar-refractivity contribution in [2.75, 3.05) is 0 Å². The molecule has 100 valence electrons. The molecule has 1 N–H and O–H groups in total. The highest BCUT2D eigenvalue weighted by Crippen LogP contribution is 2.25. The van der Waals surface area contributed by atoms with Crippen LogP contribution in [0.15, 0.2) is 18.2 Å². The van der Waals surface area contributed by atoms with Crippen LogP contribution in [-0.4, -0.2) is 26.1 Å². The zero-order chi connectivity index (χ0) is 14.2. The largest absolute Gasteiger partial charge is 0.476 e. The molecule has 0 radical (unpaired) electrons. The fourth-order valence-electron chi connectivity index (χ4n) is 1.56. The number of carbonyl (C=O) groups is 1. The average Bonchev–Trinajstić information content (AvgIpc) is 2.77. The van der Waals surface area contributed by atoms with Crippen LogP contribution in [0.4, 0.5) is 8.78 Å². The van der Waals surface area contributed by atoms with Gasteiger partial charge in [0.05, 0.1) is 6.04 Å². The number of hydrogen-bond donors (Lipinski definition) is 1. The molecule has 2 aromatic rings. The summed E-state index contributed by atoms with van der Waals surface area (Å²) in [6.07, 6.45) is 0. The van der Waals surface area contributed by atoms with Gasteiger partial charge in [-0.15, -0.1) is 5.10 Å². The van der Waals surface area contributed by atoms with Gasteiger partial charge in [0.2, 0.25) is 0 Å². The van der Waals surface area contributed by atoms with E-state index in [9.17, 15) is 13.6 Å². The van der Waals surface area contributed by atoms with Crippen LogP contribution in [0.1, 0.15) is 30.4 Å². The summed E-state index contributed by atoms with van der Waals surface area (Å²) in [5.74, 6) is -2.77. The van der Waals surface area contributed by atoms with Crippen LogP contribution in [0.3, 0.4) is 0 Å². The maximum Gasteiger partial charge on any atom is 0.358 e. The van der Waals surface area contributed by atoms with Gasteiger partial charge >= 0.3 is 5.97 Å². The lowest BCUT2D eigenvalue weighted by Crippen LogP contribution is -2.06. The molecule has 0 fully saturated rings. The molecule has 1 heterocycles. The first-order valence-electron chi connectivity index (χ1n) is 5.55. The lowest BCUT2D eigenvalue weighted by Gasteiger charge is -2.02. The van der Waals surface area contributed by atoms with Crippen molar-refractivity contribution in [3.63, 3.8) is 0 Å². The minimum atomic E-state index is -1.34. The van der Waals surface area contributed by atoms with Gasteiger partial charge in [-0.05, 0) is 32.0 Å². The molecule has 2 rings (SSSR count). The number of hydrogen-bond acceptors (Lipinski definition) is 3. The van der Waals surface area contributed by atoms with E-state index in [0.717, 1.165) is 23.0 Å². The monoisotopic (exact) mass is 267 g/mol. The van der Waals surface area contributed by atoms with Gasteiger partial charge in [0.25, 0.3) is 0 Å². The smallest absolute Gasteiger partial charge is 0.358 e. The van der Waals surface area contributed by atoms with Crippen LogP contribution >= 0.6 is 0 Å². The molecule has 0 unspecified atom stereocenters. The third kappa shape index (κ3) is 2.44. The molecule has 0 spiro atoms. The highest BCUT2D eigenvalue weighted by atomic mass is 19.1. The van der Waals surface area contributed by atoms with Crippen LogP contribution in [0.2, 0.25) is 0 Å². The lowest BCUT2D eigenvalue weighted by molar-refractivity contribution is 0.0690. The Morgan fingerprint density at radius 3 is 2.58 bits per heavy atom. The maximum absolute atomic E-state index is 13.7. The van der Waals surface area contributed by atoms with Crippen molar-refractivity contribution in [1.29, 1.82) is 0 Å². The highest BCUT2D eigenvalue weighted by Gasteiger charge is 2.22. The highest BCUT2D eigenvalue weighted by molar-refractivity contribution is 5.92. The van der Waals surface area contributed by atoms with Crippen LogP contribution in [0, 0.1) is 11.6 Å². The third-order valence-corrected chi connectivity index (χ3v) is 2.48. The quantitative estimate of drug-likeness (QED) is 0.927. The summed E-state index contributed by atoms with van der Waals surface area (Å²) >= 11 is 0. The molecule has 0 saturated carbocycles. The van der Waals surface area contributed by atoms with Crippen molar-refractivity contribution in [2.45, 2.75) is 19.9 Å². The van der Waals surface area contributed by atoms with Gasteiger partial charge in [-0.2, -0.15) is 9.90 Å². The third-order valence-electron chi connectivity index (χ3n) is 2.48. The molecule has 0 bridgehead atoms. The number of halogens is 2. The number of carboxylic acids is 1. The Morgan fingerprint density at radius 2 is 2.00 bits per heavy atom. The Kier molecular flexibility index (Phi) is 3.28. The van der Waals surface area contributed by atoms with Gasteiger partial charge in [0.1, 0.15) is 17.3 Å². The van der Waals surface area contributed by atoms with Crippen molar-refractivity contribution in [2.24, 2.45) is 0 Å². The van der Waals surface area contributed by atoms with E-state index in [4.69, 9.17) is 5.11 Å². The second-order valence-electron chi connectivity index (χ2n) is 4.24. The van der Waals surface area contributed by atoms with Crippen LogP contribution in [0.25, 0.3) is 11.3 Å². The van der Waals surface area contributed by atoms with Crippen molar-refractivity contribution in [3.8, 4) is 11.3 Å². The number of benzene rings is 1. The topological polar surface area (TPSA) is 68.0 Å². The fourth-order valence-corrected chi connectivity index (χ4v) is 1.56. The average molecular weight is 267 g/mol. The second kappa shape index (κ2) is 4.75. The first-order valence-corrected chi connectivity index (χ1v) is 5.55. The molecule has 7 heteroatoms. The molecule has 0 aliphatic carbocycles. The molecule has 1 aromatic carbocycles. The molecule has 0 atom stereocenters. The number of rotatable bonds is 3. The Labute approximate surface area is 107 Å². The first-order chi connectivity index (χ1) is 8.90. The van der Waals surface area contributed by atoms with Gasteiger partial charge in [0.15, 0.2) is 5.69 Å². The normalized spacial score (nSPS) is 11.0. The van der Waals surface area contributed by atoms with E-state index >= 15 is 0 Å². The van der Waals surface area contributed by atoms with E-state index in [1.54, 1.807) is 13.8 Å². The minimum Gasteiger partial charge on any atom is -0.476 e. The Morgan fingerprint density at radius 1 is 1.32 bits per heavy atom. The van der Waals surface area contributed by atoms with E-state index in [0.29, 0.717) is 0 Å². The zero-order valence-electron chi connectivity index (χ0n) is 10.3. The SMILES string of the molecule is CC(C)n1nc(C(=O)O)c(-c2cc(F)ccc2F)n1. The molecule has 0 amide bonds. The summed E-state index contributed by atoms with van der Waals surface area (Å²) in [4.78, 5) is 12.3. The minimum absolute atomic E-state index is 0.182. The molecular formula is C12H11F2N3O2. The Bertz CT molecular complexity index is 638. The predicted molar refractivity (Wildman–Crippen MR) is 62.7 cm³/mol. The summed E-state index contributed by atoms with van der Waals surface area (Å²) in [7, 11) is 0. The Balaban J connectivity index is 2.66. The van der Waals surface area contributed by atoms with Gasteiger partial charge in [-0.25, -0.2) is 13.6 Å². The summed E-state index contributed by atoms with van der Waals surface area (Å²) in [5, 5.41) is 16.7. The summed E-state index contributed by atoms with van der Waals surface area (Å²) in [6, 6.07) is 2.58. The first kappa shape index (κ1) is 13.1. The number of aromatic carboxylic acids is 1. The Hall–Kier alpha value is -2.31.